The number of aromatic nitrogens is 1. The monoisotopic (exact) mass is 237 g/mol. The lowest BCUT2D eigenvalue weighted by Gasteiger charge is -2.11. The molecule has 1 fully saturated rings. The van der Waals surface area contributed by atoms with Gasteiger partial charge in [-0.1, -0.05) is 6.07 Å². The molecule has 0 spiro atoms. The molecule has 2 unspecified atom stereocenters. The van der Waals surface area contributed by atoms with Gasteiger partial charge in [-0.15, -0.1) is 0 Å². The van der Waals surface area contributed by atoms with Gasteiger partial charge >= 0.3 is 0 Å². The van der Waals surface area contributed by atoms with Gasteiger partial charge in [-0.3, -0.25) is 14.4 Å². The Labute approximate surface area is 95.8 Å². The number of aliphatic hydroxyl groups excluding tert-OH is 1. The summed E-state index contributed by atoms with van der Waals surface area (Å²) < 4.78 is 0. The predicted octanol–water partition coefficient (Wildman–Crippen LogP) is -1.58. The zero-order chi connectivity index (χ0) is 12.4. The molecule has 1 aromatic heterocycles. The molecule has 2 amide bonds. The fourth-order valence-electron chi connectivity index (χ4n) is 1.63. The molecule has 0 radical (unpaired) electrons. The lowest BCUT2D eigenvalue weighted by Crippen LogP contribution is -2.35. The van der Waals surface area contributed by atoms with E-state index in [1.165, 1.54) is 18.2 Å². The molecule has 1 aromatic rings. The highest BCUT2D eigenvalue weighted by Gasteiger charge is 2.39. The topological polar surface area (TPSA) is 111 Å². The summed E-state index contributed by atoms with van der Waals surface area (Å²) in [5, 5.41) is 14.2. The Balaban J connectivity index is 2.11. The van der Waals surface area contributed by atoms with E-state index in [9.17, 15) is 19.5 Å². The molecule has 4 N–H and O–H groups in total. The van der Waals surface area contributed by atoms with E-state index in [1.807, 2.05) is 0 Å². The summed E-state index contributed by atoms with van der Waals surface area (Å²) in [6.45, 7) is 0.0578. The molecule has 0 saturated carbocycles. The molecule has 0 aliphatic carbocycles. The molecule has 2 atom stereocenters. The number of β-amino-alcohol motifs (C(OH)–C–C–N with tert-alkyl or cyclic N) is 1. The number of aliphatic hydroxyl groups is 1. The van der Waals surface area contributed by atoms with Crippen LogP contribution >= 0.6 is 0 Å². The number of carbonyl (C=O) groups is 2. The van der Waals surface area contributed by atoms with Crippen molar-refractivity contribution in [3.8, 4) is 0 Å². The summed E-state index contributed by atoms with van der Waals surface area (Å²) in [5.41, 5.74) is -0.362. The van der Waals surface area contributed by atoms with Crippen LogP contribution in [-0.2, 0) is 9.59 Å². The number of aromatic amines is 1. The molecular formula is C10H11N3O4. The lowest BCUT2D eigenvalue weighted by molar-refractivity contribution is -0.132. The van der Waals surface area contributed by atoms with Crippen LogP contribution in [0, 0.1) is 5.92 Å². The number of anilines is 1. The van der Waals surface area contributed by atoms with Crippen LogP contribution in [-0.4, -0.2) is 34.6 Å². The van der Waals surface area contributed by atoms with E-state index in [-0.39, 0.29) is 17.9 Å². The third-order valence-corrected chi connectivity index (χ3v) is 2.46. The maximum atomic E-state index is 11.7. The minimum Gasteiger partial charge on any atom is -0.390 e. The van der Waals surface area contributed by atoms with E-state index in [2.05, 4.69) is 15.6 Å². The fourth-order valence-corrected chi connectivity index (χ4v) is 1.63. The quantitative estimate of drug-likeness (QED) is 0.465. The third kappa shape index (κ3) is 2.34. The van der Waals surface area contributed by atoms with Gasteiger partial charge in [-0.25, -0.2) is 0 Å². The number of H-pyrrole nitrogens is 1. The Bertz CT molecular complexity index is 510. The number of hydrogen-bond acceptors (Lipinski definition) is 4. The molecule has 90 valence electrons. The van der Waals surface area contributed by atoms with Gasteiger partial charge in [-0.05, 0) is 6.07 Å². The van der Waals surface area contributed by atoms with E-state index >= 15 is 0 Å². The molecule has 2 rings (SSSR count). The highest BCUT2D eigenvalue weighted by atomic mass is 16.3. The molecule has 0 aromatic carbocycles. The smallest absolute Gasteiger partial charge is 0.249 e. The maximum Gasteiger partial charge on any atom is 0.249 e. The number of carbonyl (C=O) groups excluding carboxylic acids is 2. The van der Waals surface area contributed by atoms with Gasteiger partial charge in [0, 0.05) is 12.6 Å². The van der Waals surface area contributed by atoms with Crippen molar-refractivity contribution in [2.24, 2.45) is 5.92 Å². The fraction of sp³-hybridized carbons (Fsp3) is 0.300. The second-order valence-electron chi connectivity index (χ2n) is 3.71. The van der Waals surface area contributed by atoms with Crippen molar-refractivity contribution in [3.63, 3.8) is 0 Å². The summed E-state index contributed by atoms with van der Waals surface area (Å²) in [4.78, 5) is 36.3. The van der Waals surface area contributed by atoms with Crippen molar-refractivity contribution < 1.29 is 14.7 Å². The van der Waals surface area contributed by atoms with Crippen molar-refractivity contribution in [1.29, 1.82) is 0 Å². The first kappa shape index (κ1) is 11.3. The summed E-state index contributed by atoms with van der Waals surface area (Å²) in [7, 11) is 0. The van der Waals surface area contributed by atoms with Crippen LogP contribution in [0.25, 0.3) is 0 Å². The van der Waals surface area contributed by atoms with Gasteiger partial charge in [0.15, 0.2) is 0 Å². The molecule has 1 aliphatic heterocycles. The van der Waals surface area contributed by atoms with E-state index in [0.717, 1.165) is 0 Å². The summed E-state index contributed by atoms with van der Waals surface area (Å²) in [5.74, 6) is -2.12. The normalized spacial score (nSPS) is 23.2. The van der Waals surface area contributed by atoms with Gasteiger partial charge in [0.2, 0.25) is 17.4 Å². The van der Waals surface area contributed by atoms with Gasteiger partial charge in [0.05, 0.1) is 6.10 Å². The highest BCUT2D eigenvalue weighted by Crippen LogP contribution is 2.12. The Hall–Kier alpha value is -2.15. The van der Waals surface area contributed by atoms with E-state index in [0.29, 0.717) is 0 Å². The maximum absolute atomic E-state index is 11.7. The van der Waals surface area contributed by atoms with Crippen molar-refractivity contribution >= 4 is 17.6 Å². The average Bonchev–Trinajstić information content (AvgIpc) is 2.58. The zero-order valence-corrected chi connectivity index (χ0v) is 8.77. The van der Waals surface area contributed by atoms with Crippen molar-refractivity contribution in [3.05, 3.63) is 28.6 Å². The zero-order valence-electron chi connectivity index (χ0n) is 8.77. The van der Waals surface area contributed by atoms with Crippen molar-refractivity contribution in [2.45, 2.75) is 6.10 Å². The van der Waals surface area contributed by atoms with E-state index in [4.69, 9.17) is 0 Å². The average molecular weight is 237 g/mol. The van der Waals surface area contributed by atoms with E-state index in [1.54, 1.807) is 0 Å². The molecule has 1 aliphatic rings. The number of rotatable bonds is 2. The van der Waals surface area contributed by atoms with Crippen molar-refractivity contribution in [2.75, 3.05) is 11.9 Å². The SMILES string of the molecule is O=C1NCC(O)C1C(=O)Nc1cccc(=O)[nH]1. The standard InChI is InChI=1S/C10H11N3O4/c14-5-4-11-9(16)8(5)10(17)13-6-2-1-3-7(15)12-6/h1-3,5,8,14H,4H2,(H,11,16)(H2,12,13,15,17). The Morgan fingerprint density at radius 1 is 1.41 bits per heavy atom. The minimum absolute atomic E-state index is 0.0578. The Morgan fingerprint density at radius 3 is 2.76 bits per heavy atom. The highest BCUT2D eigenvalue weighted by molar-refractivity contribution is 6.07. The van der Waals surface area contributed by atoms with Gasteiger partial charge in [0.25, 0.3) is 0 Å². The summed E-state index contributed by atoms with van der Waals surface area (Å²) in [6, 6.07) is 4.25. The lowest BCUT2D eigenvalue weighted by atomic mass is 10.1. The molecule has 7 nitrogen and oxygen atoms in total. The Morgan fingerprint density at radius 2 is 2.18 bits per heavy atom. The molecular weight excluding hydrogens is 226 g/mol. The third-order valence-electron chi connectivity index (χ3n) is 2.46. The van der Waals surface area contributed by atoms with Gasteiger partial charge < -0.3 is 20.7 Å². The van der Waals surface area contributed by atoms with Crippen LogP contribution in [0.4, 0.5) is 5.82 Å². The summed E-state index contributed by atoms with van der Waals surface area (Å²) in [6.07, 6.45) is -1.04. The van der Waals surface area contributed by atoms with Gasteiger partial charge in [-0.2, -0.15) is 0 Å². The van der Waals surface area contributed by atoms with Crippen LogP contribution < -0.4 is 16.2 Å². The number of pyridine rings is 1. The van der Waals surface area contributed by atoms with Gasteiger partial charge in [0.1, 0.15) is 11.7 Å². The molecule has 1 saturated heterocycles. The second-order valence-corrected chi connectivity index (χ2v) is 3.71. The van der Waals surface area contributed by atoms with Crippen LogP contribution in [0.5, 0.6) is 0 Å². The number of amides is 2. The largest absolute Gasteiger partial charge is 0.390 e. The first-order valence-electron chi connectivity index (χ1n) is 5.04. The first-order valence-corrected chi connectivity index (χ1v) is 5.04. The molecule has 0 bridgehead atoms. The summed E-state index contributed by atoms with van der Waals surface area (Å²) >= 11 is 0. The second kappa shape index (κ2) is 4.38. The van der Waals surface area contributed by atoms with E-state index < -0.39 is 23.8 Å². The van der Waals surface area contributed by atoms with Crippen molar-refractivity contribution in [1.82, 2.24) is 10.3 Å². The Kier molecular flexibility index (Phi) is 2.92. The van der Waals surface area contributed by atoms with Crippen LogP contribution in [0.3, 0.4) is 0 Å². The van der Waals surface area contributed by atoms with Crippen LogP contribution in [0.2, 0.25) is 0 Å². The molecule has 7 heteroatoms. The predicted molar refractivity (Wildman–Crippen MR) is 58.2 cm³/mol. The minimum atomic E-state index is -1.14. The number of hydrogen-bond donors (Lipinski definition) is 4. The molecule has 2 heterocycles. The van der Waals surface area contributed by atoms with Crippen LogP contribution in [0.1, 0.15) is 0 Å². The van der Waals surface area contributed by atoms with Crippen LogP contribution in [0.15, 0.2) is 23.0 Å². The molecule has 17 heavy (non-hydrogen) atoms. The first-order chi connectivity index (χ1) is 8.08. The number of nitrogens with one attached hydrogen (secondary N) is 3.